The second-order valence-corrected chi connectivity index (χ2v) is 1.68. The summed E-state index contributed by atoms with van der Waals surface area (Å²) in [5.41, 5.74) is 1.17. The fraction of sp³-hybridized carbons (Fsp3) is 0.250. The third-order valence-electron chi connectivity index (χ3n) is 0.167. The second-order valence-electron chi connectivity index (χ2n) is 1.68. The summed E-state index contributed by atoms with van der Waals surface area (Å²) in [4.78, 5) is 0. The Morgan fingerprint density at radius 3 is 1.25 bits per heavy atom. The average molecular weight is 110 g/mol. The molecule has 0 fully saturated rings. The molecule has 0 aliphatic rings. The highest BCUT2D eigenvalue weighted by atomic mass is 13.6. The molecule has 0 aromatic heterocycles. The molecule has 0 bridgehead atoms. The van der Waals surface area contributed by atoms with Crippen LogP contribution in [0.4, 0.5) is 0 Å². The van der Waals surface area contributed by atoms with Gasteiger partial charge in [0.25, 0.3) is 0 Å². The predicted octanol–water partition coefficient (Wildman–Crippen LogP) is 2.94. The third kappa shape index (κ3) is 1920. The van der Waals surface area contributed by atoms with Gasteiger partial charge in [0.1, 0.15) is 0 Å². The van der Waals surface area contributed by atoms with Gasteiger partial charge in [-0.1, -0.05) is 30.9 Å². The Bertz CT molecular complexity index is 68.0. The van der Waals surface area contributed by atoms with Crippen LogP contribution in [0.2, 0.25) is 0 Å². The third-order valence-corrected chi connectivity index (χ3v) is 0.167. The monoisotopic (exact) mass is 110 g/mol. The molecule has 0 heteroatoms. The summed E-state index contributed by atoms with van der Waals surface area (Å²) >= 11 is 0. The SMILES string of the molecule is C=C(C)C.C=CC=C. The van der Waals surface area contributed by atoms with Crippen LogP contribution in [0.5, 0.6) is 0 Å². The van der Waals surface area contributed by atoms with Gasteiger partial charge in [-0.05, 0) is 13.8 Å². The Labute approximate surface area is 52.2 Å². The van der Waals surface area contributed by atoms with Crippen molar-refractivity contribution in [2.45, 2.75) is 13.8 Å². The molecule has 0 aliphatic heterocycles. The summed E-state index contributed by atoms with van der Waals surface area (Å²) in [7, 11) is 0. The molecule has 0 nitrogen and oxygen atoms in total. The first-order valence-corrected chi connectivity index (χ1v) is 2.50. The summed E-state index contributed by atoms with van der Waals surface area (Å²) in [6.45, 7) is 14.2. The van der Waals surface area contributed by atoms with Gasteiger partial charge in [-0.15, -0.1) is 6.58 Å². The molecule has 0 atom stereocenters. The quantitative estimate of drug-likeness (QED) is 0.359. The summed E-state index contributed by atoms with van der Waals surface area (Å²) < 4.78 is 0. The van der Waals surface area contributed by atoms with E-state index in [0.29, 0.717) is 0 Å². The van der Waals surface area contributed by atoms with Crippen molar-refractivity contribution in [3.05, 3.63) is 37.5 Å². The lowest BCUT2D eigenvalue weighted by molar-refractivity contribution is 1.42. The maximum absolute atomic E-state index is 3.56. The first-order valence-electron chi connectivity index (χ1n) is 2.50. The topological polar surface area (TPSA) is 0 Å². The fourth-order valence-electron chi connectivity index (χ4n) is 0. The van der Waals surface area contributed by atoms with Gasteiger partial charge in [0.05, 0.1) is 0 Å². The lowest BCUT2D eigenvalue weighted by atomic mass is 10.4. The smallest absolute Gasteiger partial charge is 0.0445 e. The minimum absolute atomic E-state index is 1.17. The minimum Gasteiger partial charge on any atom is -0.100 e. The van der Waals surface area contributed by atoms with Gasteiger partial charge in [-0.2, -0.15) is 0 Å². The van der Waals surface area contributed by atoms with Gasteiger partial charge in [-0.3, -0.25) is 0 Å². The summed E-state index contributed by atoms with van der Waals surface area (Å²) in [6, 6.07) is 0. The van der Waals surface area contributed by atoms with Crippen molar-refractivity contribution in [3.8, 4) is 0 Å². The van der Waals surface area contributed by atoms with Crippen LogP contribution in [-0.4, -0.2) is 0 Å². The molecule has 0 aliphatic carbocycles. The average Bonchev–Trinajstić information content (AvgIpc) is 1.65. The molecule has 0 unspecified atom stereocenters. The Morgan fingerprint density at radius 1 is 1.12 bits per heavy atom. The van der Waals surface area contributed by atoms with Gasteiger partial charge in [0.2, 0.25) is 0 Å². The minimum atomic E-state index is 1.17. The van der Waals surface area contributed by atoms with E-state index < -0.39 is 0 Å². The fourth-order valence-corrected chi connectivity index (χ4v) is 0. The summed E-state index contributed by atoms with van der Waals surface area (Å²) in [5.74, 6) is 0. The lowest BCUT2D eigenvalue weighted by Gasteiger charge is -1.65. The maximum Gasteiger partial charge on any atom is -0.0445 e. The zero-order valence-corrected chi connectivity index (χ0v) is 5.78. The standard InChI is InChI=1S/C4H8.C4H6/c1-4(2)3;1-3-4-2/h1H2,2-3H3;3-4H,1-2H2. The van der Waals surface area contributed by atoms with E-state index in [0.717, 1.165) is 0 Å². The number of hydrogen-bond donors (Lipinski definition) is 0. The molecule has 0 aromatic rings. The molecule has 0 rings (SSSR count). The van der Waals surface area contributed by atoms with Crippen molar-refractivity contribution in [2.24, 2.45) is 0 Å². The van der Waals surface area contributed by atoms with Crippen molar-refractivity contribution >= 4 is 0 Å². The van der Waals surface area contributed by atoms with Crippen molar-refractivity contribution in [1.82, 2.24) is 0 Å². The van der Waals surface area contributed by atoms with E-state index in [1.807, 2.05) is 13.8 Å². The van der Waals surface area contributed by atoms with E-state index >= 15 is 0 Å². The second kappa shape index (κ2) is 9.52. The lowest BCUT2D eigenvalue weighted by Crippen LogP contribution is -1.43. The van der Waals surface area contributed by atoms with Crippen molar-refractivity contribution in [3.63, 3.8) is 0 Å². The van der Waals surface area contributed by atoms with Crippen LogP contribution >= 0.6 is 0 Å². The van der Waals surface area contributed by atoms with Crippen LogP contribution in [-0.2, 0) is 0 Å². The maximum atomic E-state index is 3.56. The normalized spacial score (nSPS) is 5.75. The highest BCUT2D eigenvalue weighted by molar-refractivity contribution is 4.88. The zero-order valence-electron chi connectivity index (χ0n) is 5.78. The molecule has 0 amide bonds. The Balaban J connectivity index is 0. The van der Waals surface area contributed by atoms with E-state index in [1.165, 1.54) is 5.57 Å². The Kier molecular flexibility index (Phi) is 12.2. The van der Waals surface area contributed by atoms with Crippen LogP contribution in [0, 0.1) is 0 Å². The number of hydrogen-bond acceptors (Lipinski definition) is 0. The van der Waals surface area contributed by atoms with Gasteiger partial charge >= 0.3 is 0 Å². The predicted molar refractivity (Wildman–Crippen MR) is 40.9 cm³/mol. The molecule has 0 N–H and O–H groups in total. The highest BCUT2D eigenvalue weighted by Crippen LogP contribution is 1.73. The zero-order chi connectivity index (χ0) is 6.99. The van der Waals surface area contributed by atoms with Gasteiger partial charge < -0.3 is 0 Å². The Hall–Kier alpha value is -0.780. The van der Waals surface area contributed by atoms with E-state index in [2.05, 4.69) is 19.7 Å². The molecular formula is C8H14. The molecule has 0 heterocycles. The molecule has 0 spiro atoms. The van der Waals surface area contributed by atoms with Gasteiger partial charge in [0.15, 0.2) is 0 Å². The summed E-state index contributed by atoms with van der Waals surface area (Å²) in [5, 5.41) is 0. The molecular weight excluding hydrogens is 96.1 g/mol. The van der Waals surface area contributed by atoms with Crippen LogP contribution in [0.3, 0.4) is 0 Å². The van der Waals surface area contributed by atoms with Gasteiger partial charge in [0, 0.05) is 0 Å². The van der Waals surface area contributed by atoms with E-state index in [1.54, 1.807) is 12.2 Å². The van der Waals surface area contributed by atoms with Crippen molar-refractivity contribution in [1.29, 1.82) is 0 Å². The van der Waals surface area contributed by atoms with E-state index in [-0.39, 0.29) is 0 Å². The molecule has 0 saturated carbocycles. The highest BCUT2D eigenvalue weighted by Gasteiger charge is 1.51. The first-order chi connectivity index (χ1) is 3.65. The van der Waals surface area contributed by atoms with E-state index in [9.17, 15) is 0 Å². The molecule has 46 valence electrons. The van der Waals surface area contributed by atoms with Crippen LogP contribution in [0.15, 0.2) is 37.5 Å². The largest absolute Gasteiger partial charge is 0.100 e. The van der Waals surface area contributed by atoms with E-state index in [4.69, 9.17) is 0 Å². The van der Waals surface area contributed by atoms with Crippen LogP contribution in [0.25, 0.3) is 0 Å². The molecule has 0 aromatic carbocycles. The number of allylic oxidation sites excluding steroid dienone is 3. The van der Waals surface area contributed by atoms with Crippen LogP contribution in [0.1, 0.15) is 13.8 Å². The van der Waals surface area contributed by atoms with Crippen molar-refractivity contribution < 1.29 is 0 Å². The van der Waals surface area contributed by atoms with Crippen LogP contribution < -0.4 is 0 Å². The van der Waals surface area contributed by atoms with Crippen molar-refractivity contribution in [2.75, 3.05) is 0 Å². The number of rotatable bonds is 1. The molecule has 0 radical (unpaired) electrons. The summed E-state index contributed by atoms with van der Waals surface area (Å²) in [6.07, 6.45) is 3.28. The van der Waals surface area contributed by atoms with Gasteiger partial charge in [-0.25, -0.2) is 0 Å². The molecule has 0 saturated heterocycles. The molecule has 8 heavy (non-hydrogen) atoms. The Morgan fingerprint density at radius 2 is 1.25 bits per heavy atom. The first kappa shape index (κ1) is 10.3.